The van der Waals surface area contributed by atoms with Crippen molar-refractivity contribution in [2.24, 2.45) is 0 Å². The van der Waals surface area contributed by atoms with Crippen molar-refractivity contribution in [1.82, 2.24) is 19.6 Å². The van der Waals surface area contributed by atoms with Crippen LogP contribution in [-0.2, 0) is 11.3 Å². The van der Waals surface area contributed by atoms with Gasteiger partial charge in [-0.2, -0.15) is 5.10 Å². The number of nitrogens with zero attached hydrogens (tertiary/aromatic N) is 4. The second-order valence-electron chi connectivity index (χ2n) is 8.11. The van der Waals surface area contributed by atoms with E-state index in [1.807, 2.05) is 21.7 Å². The Morgan fingerprint density at radius 2 is 1.86 bits per heavy atom. The molecule has 1 atom stereocenters. The zero-order chi connectivity index (χ0) is 20.3. The number of alkyl halides is 1. The highest BCUT2D eigenvalue weighted by molar-refractivity contribution is 5.76. The first-order valence-corrected chi connectivity index (χ1v) is 10.2. The summed E-state index contributed by atoms with van der Waals surface area (Å²) in [6, 6.07) is 2.12. The summed E-state index contributed by atoms with van der Waals surface area (Å²) in [5, 5.41) is 4.67. The molecule has 2 aliphatic rings. The Labute approximate surface area is 167 Å². The van der Waals surface area contributed by atoms with Gasteiger partial charge in [0.1, 0.15) is 12.7 Å². The Balaban J connectivity index is 1.61. The normalized spacial score (nSPS) is 20.1. The zero-order valence-corrected chi connectivity index (χ0v) is 17.3. The first-order chi connectivity index (χ1) is 13.3. The fraction of sp³-hybridized carbons (Fsp3) is 0.545. The third-order valence-electron chi connectivity index (χ3n) is 5.31. The van der Waals surface area contributed by atoms with Crippen LogP contribution in [0.15, 0.2) is 42.1 Å². The average Bonchev–Trinajstić information content (AvgIpc) is 2.97. The molecule has 0 saturated carbocycles. The van der Waals surface area contributed by atoms with E-state index in [0.29, 0.717) is 24.9 Å². The number of piperazine rings is 1. The summed E-state index contributed by atoms with van der Waals surface area (Å²) in [6.45, 7) is 11.6. The van der Waals surface area contributed by atoms with E-state index < -0.39 is 6.17 Å². The van der Waals surface area contributed by atoms with Crippen molar-refractivity contribution in [2.45, 2.75) is 52.2 Å². The zero-order valence-electron chi connectivity index (χ0n) is 17.3. The van der Waals surface area contributed by atoms with Gasteiger partial charge in [0.2, 0.25) is 5.91 Å². The van der Waals surface area contributed by atoms with Crippen LogP contribution in [-0.4, -0.2) is 57.8 Å². The van der Waals surface area contributed by atoms with E-state index in [4.69, 9.17) is 0 Å². The molecule has 0 aromatic carbocycles. The third-order valence-corrected chi connectivity index (χ3v) is 5.31. The van der Waals surface area contributed by atoms with Crippen molar-refractivity contribution in [3.8, 4) is 0 Å². The molecule has 0 spiro atoms. The van der Waals surface area contributed by atoms with E-state index in [2.05, 4.69) is 43.8 Å². The standard InChI is InChI=1S/C22H31FN4O/c1-16(2)20-14-21(17(3)4)27(24-20)15-22(28)26-12-10-25(11-13-26)19-7-5-6-18(23)8-9-19/h5-9,14,16-18H,10-13,15H2,1-4H3. The van der Waals surface area contributed by atoms with Crippen molar-refractivity contribution in [3.63, 3.8) is 0 Å². The van der Waals surface area contributed by atoms with Gasteiger partial charge in [-0.15, -0.1) is 0 Å². The van der Waals surface area contributed by atoms with Gasteiger partial charge < -0.3 is 9.80 Å². The Bertz CT molecular complexity index is 782. The fourth-order valence-corrected chi connectivity index (χ4v) is 3.55. The molecule has 3 rings (SSSR count). The van der Waals surface area contributed by atoms with Gasteiger partial charge in [-0.05, 0) is 42.2 Å². The molecular formula is C22H31FN4O. The first kappa shape index (κ1) is 20.4. The van der Waals surface area contributed by atoms with Gasteiger partial charge >= 0.3 is 0 Å². The van der Waals surface area contributed by atoms with Crippen LogP contribution in [0.25, 0.3) is 0 Å². The predicted octanol–water partition coefficient (Wildman–Crippen LogP) is 3.62. The minimum absolute atomic E-state index is 0.106. The quantitative estimate of drug-likeness (QED) is 0.776. The van der Waals surface area contributed by atoms with Crippen molar-refractivity contribution in [2.75, 3.05) is 26.2 Å². The summed E-state index contributed by atoms with van der Waals surface area (Å²) in [7, 11) is 0. The Hall–Kier alpha value is -2.37. The lowest BCUT2D eigenvalue weighted by Crippen LogP contribution is -2.49. The molecule has 1 amide bonds. The van der Waals surface area contributed by atoms with Crippen molar-refractivity contribution < 1.29 is 9.18 Å². The molecule has 1 aromatic heterocycles. The average molecular weight is 387 g/mol. The van der Waals surface area contributed by atoms with Gasteiger partial charge in [-0.25, -0.2) is 4.39 Å². The highest BCUT2D eigenvalue weighted by Gasteiger charge is 2.24. The Morgan fingerprint density at radius 1 is 1.14 bits per heavy atom. The number of carbonyl (C=O) groups excluding carboxylic acids is 1. The van der Waals surface area contributed by atoms with E-state index in [1.165, 1.54) is 6.08 Å². The maximum Gasteiger partial charge on any atom is 0.244 e. The lowest BCUT2D eigenvalue weighted by molar-refractivity contribution is -0.133. The molecular weight excluding hydrogens is 355 g/mol. The molecule has 2 heterocycles. The summed E-state index contributed by atoms with van der Waals surface area (Å²) >= 11 is 0. The third kappa shape index (κ3) is 4.72. The summed E-state index contributed by atoms with van der Waals surface area (Å²) in [6.07, 6.45) is 7.58. The fourth-order valence-electron chi connectivity index (χ4n) is 3.55. The van der Waals surface area contributed by atoms with Crippen molar-refractivity contribution >= 4 is 5.91 Å². The van der Waals surface area contributed by atoms with Gasteiger partial charge in [0.25, 0.3) is 0 Å². The molecule has 0 radical (unpaired) electrons. The maximum absolute atomic E-state index is 13.4. The number of rotatable bonds is 5. The van der Waals surface area contributed by atoms with Crippen LogP contribution in [0.3, 0.4) is 0 Å². The number of carbonyl (C=O) groups is 1. The maximum atomic E-state index is 13.4. The number of hydrogen-bond acceptors (Lipinski definition) is 3. The lowest BCUT2D eigenvalue weighted by Gasteiger charge is -2.36. The largest absolute Gasteiger partial charge is 0.368 e. The van der Waals surface area contributed by atoms with Gasteiger partial charge in [-0.3, -0.25) is 9.48 Å². The summed E-state index contributed by atoms with van der Waals surface area (Å²) in [5.74, 6) is 0.774. The lowest BCUT2D eigenvalue weighted by atomic mass is 10.1. The van der Waals surface area contributed by atoms with Gasteiger partial charge in [0.05, 0.1) is 5.69 Å². The first-order valence-electron chi connectivity index (χ1n) is 10.2. The molecule has 1 fully saturated rings. The molecule has 1 aliphatic heterocycles. The minimum atomic E-state index is -1.03. The van der Waals surface area contributed by atoms with Crippen LogP contribution in [0.1, 0.15) is 50.9 Å². The van der Waals surface area contributed by atoms with E-state index in [0.717, 1.165) is 30.2 Å². The van der Waals surface area contributed by atoms with Crippen molar-refractivity contribution in [3.05, 3.63) is 53.5 Å². The second kappa shape index (κ2) is 8.76. The highest BCUT2D eigenvalue weighted by Crippen LogP contribution is 2.21. The second-order valence-corrected chi connectivity index (χ2v) is 8.11. The smallest absolute Gasteiger partial charge is 0.244 e. The summed E-state index contributed by atoms with van der Waals surface area (Å²) in [5.41, 5.74) is 3.14. The van der Waals surface area contributed by atoms with E-state index in [9.17, 15) is 9.18 Å². The molecule has 5 nitrogen and oxygen atoms in total. The summed E-state index contributed by atoms with van der Waals surface area (Å²) < 4.78 is 15.3. The molecule has 1 aromatic rings. The van der Waals surface area contributed by atoms with E-state index in [-0.39, 0.29) is 12.5 Å². The number of halogens is 1. The molecule has 1 aliphatic carbocycles. The van der Waals surface area contributed by atoms with Crippen LogP contribution in [0, 0.1) is 0 Å². The molecule has 1 saturated heterocycles. The Kier molecular flexibility index (Phi) is 6.37. The number of amides is 1. The van der Waals surface area contributed by atoms with Crippen LogP contribution < -0.4 is 0 Å². The molecule has 28 heavy (non-hydrogen) atoms. The van der Waals surface area contributed by atoms with Crippen molar-refractivity contribution in [1.29, 1.82) is 0 Å². The van der Waals surface area contributed by atoms with Gasteiger partial charge in [-0.1, -0.05) is 33.8 Å². The SMILES string of the molecule is CC(C)c1cc(C(C)C)n(CC(=O)N2CCN(C3=CC=CC(F)C=C3)CC2)n1. The molecule has 1 unspecified atom stereocenters. The number of allylic oxidation sites excluding steroid dienone is 5. The van der Waals surface area contributed by atoms with Crippen LogP contribution in [0.2, 0.25) is 0 Å². The van der Waals surface area contributed by atoms with Crippen LogP contribution in [0.5, 0.6) is 0 Å². The predicted molar refractivity (Wildman–Crippen MR) is 110 cm³/mol. The molecule has 0 bridgehead atoms. The number of aromatic nitrogens is 2. The molecule has 0 N–H and O–H groups in total. The Morgan fingerprint density at radius 3 is 2.50 bits per heavy atom. The molecule has 6 heteroatoms. The highest BCUT2D eigenvalue weighted by atomic mass is 19.1. The topological polar surface area (TPSA) is 41.4 Å². The van der Waals surface area contributed by atoms with Crippen LogP contribution >= 0.6 is 0 Å². The van der Waals surface area contributed by atoms with E-state index >= 15 is 0 Å². The minimum Gasteiger partial charge on any atom is -0.368 e. The monoisotopic (exact) mass is 386 g/mol. The van der Waals surface area contributed by atoms with Gasteiger partial charge in [0, 0.05) is 37.6 Å². The summed E-state index contributed by atoms with van der Waals surface area (Å²) in [4.78, 5) is 17.0. The number of hydrogen-bond donors (Lipinski definition) is 0. The van der Waals surface area contributed by atoms with E-state index in [1.54, 1.807) is 12.2 Å². The van der Waals surface area contributed by atoms with Crippen LogP contribution in [0.4, 0.5) is 4.39 Å². The van der Waals surface area contributed by atoms with Gasteiger partial charge in [0.15, 0.2) is 0 Å². The molecule has 152 valence electrons.